The fourth-order valence-corrected chi connectivity index (χ4v) is 1.43. The highest BCUT2D eigenvalue weighted by Gasteiger charge is 2.07. The van der Waals surface area contributed by atoms with Crippen LogP contribution in [-0.2, 0) is 6.42 Å². The summed E-state index contributed by atoms with van der Waals surface area (Å²) in [5.41, 5.74) is 1.87. The second-order valence-electron chi connectivity index (χ2n) is 3.34. The summed E-state index contributed by atoms with van der Waals surface area (Å²) in [5, 5.41) is 2.86. The Morgan fingerprint density at radius 1 is 1.47 bits per heavy atom. The molecule has 80 valence electrons. The van der Waals surface area contributed by atoms with E-state index in [2.05, 4.69) is 18.8 Å². The molecular weight excluding hydrogens is 186 g/mol. The van der Waals surface area contributed by atoms with E-state index in [4.69, 9.17) is 0 Å². The lowest BCUT2D eigenvalue weighted by atomic mass is 10.0. The smallest absolute Gasteiger partial charge is 0.251 e. The van der Waals surface area contributed by atoms with Gasteiger partial charge in [0.05, 0.1) is 0 Å². The first-order valence-electron chi connectivity index (χ1n) is 5.26. The van der Waals surface area contributed by atoms with Crippen LogP contribution in [0.15, 0.2) is 36.9 Å². The fourth-order valence-electron chi connectivity index (χ4n) is 1.43. The maximum Gasteiger partial charge on any atom is 0.251 e. The molecule has 0 heterocycles. The highest BCUT2D eigenvalue weighted by Crippen LogP contribution is 2.08. The first kappa shape index (κ1) is 11.5. The molecule has 2 nitrogen and oxygen atoms in total. The summed E-state index contributed by atoms with van der Waals surface area (Å²) in [6.45, 7) is 6.32. The second kappa shape index (κ2) is 6.02. The van der Waals surface area contributed by atoms with Crippen LogP contribution in [0.4, 0.5) is 0 Å². The van der Waals surface area contributed by atoms with Crippen molar-refractivity contribution in [3.8, 4) is 0 Å². The monoisotopic (exact) mass is 203 g/mol. The third-order valence-electron chi connectivity index (χ3n) is 2.28. The minimum Gasteiger partial charge on any atom is -0.352 e. The van der Waals surface area contributed by atoms with Crippen molar-refractivity contribution >= 4 is 5.91 Å². The normalized spacial score (nSPS) is 9.67. The van der Waals surface area contributed by atoms with Crippen LogP contribution in [-0.4, -0.2) is 12.5 Å². The molecule has 0 atom stereocenters. The molecule has 0 radical (unpaired) electrons. The molecule has 0 saturated carbocycles. The van der Waals surface area contributed by atoms with E-state index in [1.165, 1.54) is 0 Å². The van der Waals surface area contributed by atoms with Gasteiger partial charge in [-0.2, -0.15) is 0 Å². The van der Waals surface area contributed by atoms with Crippen LogP contribution in [0.5, 0.6) is 0 Å². The lowest BCUT2D eigenvalue weighted by Gasteiger charge is -2.07. The average molecular weight is 203 g/mol. The molecule has 0 bridgehead atoms. The third kappa shape index (κ3) is 3.24. The van der Waals surface area contributed by atoms with Gasteiger partial charge in [0.15, 0.2) is 0 Å². The molecular formula is C13H17NO. The Morgan fingerprint density at radius 2 is 2.20 bits per heavy atom. The van der Waals surface area contributed by atoms with Gasteiger partial charge in [-0.05, 0) is 24.5 Å². The van der Waals surface area contributed by atoms with Crippen molar-refractivity contribution in [1.29, 1.82) is 0 Å². The zero-order chi connectivity index (χ0) is 11.1. The van der Waals surface area contributed by atoms with Crippen molar-refractivity contribution in [3.05, 3.63) is 48.0 Å². The summed E-state index contributed by atoms with van der Waals surface area (Å²) in [5.74, 6) is 0.00861. The number of benzene rings is 1. The molecule has 0 aliphatic carbocycles. The van der Waals surface area contributed by atoms with Crippen LogP contribution in [0.1, 0.15) is 29.3 Å². The molecule has 1 amide bonds. The van der Waals surface area contributed by atoms with E-state index in [-0.39, 0.29) is 5.91 Å². The molecule has 1 N–H and O–H groups in total. The van der Waals surface area contributed by atoms with Gasteiger partial charge < -0.3 is 5.32 Å². The van der Waals surface area contributed by atoms with Gasteiger partial charge in [0.25, 0.3) is 5.91 Å². The quantitative estimate of drug-likeness (QED) is 0.578. The van der Waals surface area contributed by atoms with Crippen LogP contribution in [0.3, 0.4) is 0 Å². The Bertz CT molecular complexity index is 344. The SMILES string of the molecule is C=CCCNC(=O)c1ccccc1CC. The molecule has 0 spiro atoms. The summed E-state index contributed by atoms with van der Waals surface area (Å²) in [4.78, 5) is 11.8. The van der Waals surface area contributed by atoms with Gasteiger partial charge in [-0.3, -0.25) is 4.79 Å². The number of amides is 1. The first-order valence-corrected chi connectivity index (χ1v) is 5.26. The minimum atomic E-state index is 0.00861. The van der Waals surface area contributed by atoms with Gasteiger partial charge in [0.1, 0.15) is 0 Å². The van der Waals surface area contributed by atoms with Crippen LogP contribution in [0, 0.1) is 0 Å². The van der Waals surface area contributed by atoms with Gasteiger partial charge in [-0.1, -0.05) is 31.2 Å². The molecule has 0 aromatic heterocycles. The van der Waals surface area contributed by atoms with Crippen LogP contribution in [0.25, 0.3) is 0 Å². The molecule has 0 aliphatic rings. The summed E-state index contributed by atoms with van der Waals surface area (Å²) in [6.07, 6.45) is 3.48. The third-order valence-corrected chi connectivity index (χ3v) is 2.28. The Kier molecular flexibility index (Phi) is 4.61. The number of nitrogens with one attached hydrogen (secondary N) is 1. The molecule has 1 aromatic rings. The van der Waals surface area contributed by atoms with Gasteiger partial charge in [0.2, 0.25) is 0 Å². The van der Waals surface area contributed by atoms with Crippen molar-refractivity contribution in [2.75, 3.05) is 6.54 Å². The van der Waals surface area contributed by atoms with E-state index < -0.39 is 0 Å². The van der Waals surface area contributed by atoms with Gasteiger partial charge in [-0.15, -0.1) is 6.58 Å². The average Bonchev–Trinajstić information content (AvgIpc) is 2.29. The second-order valence-corrected chi connectivity index (χ2v) is 3.34. The highest BCUT2D eigenvalue weighted by molar-refractivity contribution is 5.95. The first-order chi connectivity index (χ1) is 7.29. The minimum absolute atomic E-state index is 0.00861. The zero-order valence-electron chi connectivity index (χ0n) is 9.12. The van der Waals surface area contributed by atoms with Crippen molar-refractivity contribution < 1.29 is 4.79 Å². The number of rotatable bonds is 5. The van der Waals surface area contributed by atoms with E-state index in [9.17, 15) is 4.79 Å². The predicted octanol–water partition coefficient (Wildman–Crippen LogP) is 2.55. The summed E-state index contributed by atoms with van der Waals surface area (Å²) in [7, 11) is 0. The Labute approximate surface area is 91.0 Å². The molecule has 1 rings (SSSR count). The molecule has 15 heavy (non-hydrogen) atoms. The van der Waals surface area contributed by atoms with E-state index in [0.717, 1.165) is 24.0 Å². The Hall–Kier alpha value is -1.57. The molecule has 2 heteroatoms. The van der Waals surface area contributed by atoms with E-state index in [1.807, 2.05) is 24.3 Å². The van der Waals surface area contributed by atoms with E-state index in [0.29, 0.717) is 6.54 Å². The topological polar surface area (TPSA) is 29.1 Å². The number of carbonyl (C=O) groups excluding carboxylic acids is 1. The van der Waals surface area contributed by atoms with Gasteiger partial charge in [-0.25, -0.2) is 0 Å². The molecule has 0 aliphatic heterocycles. The summed E-state index contributed by atoms with van der Waals surface area (Å²) < 4.78 is 0. The van der Waals surface area contributed by atoms with Gasteiger partial charge >= 0.3 is 0 Å². The molecule has 1 aromatic carbocycles. The van der Waals surface area contributed by atoms with Crippen molar-refractivity contribution in [3.63, 3.8) is 0 Å². The summed E-state index contributed by atoms with van der Waals surface area (Å²) >= 11 is 0. The van der Waals surface area contributed by atoms with Gasteiger partial charge in [0, 0.05) is 12.1 Å². The predicted molar refractivity (Wildman–Crippen MR) is 63.0 cm³/mol. The van der Waals surface area contributed by atoms with Crippen LogP contribution < -0.4 is 5.32 Å². The van der Waals surface area contributed by atoms with E-state index >= 15 is 0 Å². The molecule has 0 unspecified atom stereocenters. The number of carbonyl (C=O) groups is 1. The summed E-state index contributed by atoms with van der Waals surface area (Å²) in [6, 6.07) is 7.70. The Morgan fingerprint density at radius 3 is 2.87 bits per heavy atom. The lowest BCUT2D eigenvalue weighted by molar-refractivity contribution is 0.0953. The fraction of sp³-hybridized carbons (Fsp3) is 0.308. The van der Waals surface area contributed by atoms with Crippen LogP contribution in [0.2, 0.25) is 0 Å². The van der Waals surface area contributed by atoms with Crippen molar-refractivity contribution in [1.82, 2.24) is 5.32 Å². The highest BCUT2D eigenvalue weighted by atomic mass is 16.1. The maximum absolute atomic E-state index is 11.8. The van der Waals surface area contributed by atoms with E-state index in [1.54, 1.807) is 6.08 Å². The number of hydrogen-bond donors (Lipinski definition) is 1. The Balaban J connectivity index is 2.68. The standard InChI is InChI=1S/C13H17NO/c1-3-5-10-14-13(15)12-9-7-6-8-11(12)4-2/h3,6-9H,1,4-5,10H2,2H3,(H,14,15). The molecule has 0 fully saturated rings. The lowest BCUT2D eigenvalue weighted by Crippen LogP contribution is -2.25. The molecule has 0 saturated heterocycles. The van der Waals surface area contributed by atoms with Crippen molar-refractivity contribution in [2.24, 2.45) is 0 Å². The number of hydrogen-bond acceptors (Lipinski definition) is 1. The zero-order valence-corrected chi connectivity index (χ0v) is 9.12. The maximum atomic E-state index is 11.8. The number of aryl methyl sites for hydroxylation is 1. The largest absolute Gasteiger partial charge is 0.352 e. The van der Waals surface area contributed by atoms with Crippen molar-refractivity contribution in [2.45, 2.75) is 19.8 Å². The van der Waals surface area contributed by atoms with Crippen LogP contribution >= 0.6 is 0 Å².